The highest BCUT2D eigenvalue weighted by atomic mass is 15.1. The number of pyridine rings is 1. The highest BCUT2D eigenvalue weighted by Gasteiger charge is 2.21. The van der Waals surface area contributed by atoms with Crippen molar-refractivity contribution in [3.8, 4) is 0 Å². The molecule has 1 aliphatic carbocycles. The molecule has 1 heterocycles. The van der Waals surface area contributed by atoms with E-state index in [-0.39, 0.29) is 0 Å². The van der Waals surface area contributed by atoms with Gasteiger partial charge in [-0.25, -0.2) is 0 Å². The first kappa shape index (κ1) is 13.3. The van der Waals surface area contributed by atoms with Gasteiger partial charge in [-0.05, 0) is 30.5 Å². The lowest BCUT2D eigenvalue weighted by molar-refractivity contribution is 0.211. The maximum atomic E-state index is 4.57. The summed E-state index contributed by atoms with van der Waals surface area (Å²) in [4.78, 5) is 7.12. The highest BCUT2D eigenvalue weighted by Crippen LogP contribution is 2.25. The van der Waals surface area contributed by atoms with Crippen LogP contribution in [0.15, 0.2) is 49.2 Å². The van der Waals surface area contributed by atoms with Crippen molar-refractivity contribution in [2.45, 2.75) is 38.3 Å². The molecule has 0 N–H and O–H groups in total. The van der Waals surface area contributed by atoms with Gasteiger partial charge >= 0.3 is 0 Å². The number of fused-ring (bicyclic) bond motifs is 1. The third kappa shape index (κ3) is 2.91. The van der Waals surface area contributed by atoms with Gasteiger partial charge in [0.15, 0.2) is 0 Å². The van der Waals surface area contributed by atoms with Crippen LogP contribution in [0.5, 0.6) is 0 Å². The van der Waals surface area contributed by atoms with Gasteiger partial charge in [0.2, 0.25) is 0 Å². The van der Waals surface area contributed by atoms with Crippen molar-refractivity contribution in [3.63, 3.8) is 0 Å². The minimum absolute atomic E-state index is 0.722. The van der Waals surface area contributed by atoms with Gasteiger partial charge in [0.25, 0.3) is 0 Å². The third-order valence-electron chi connectivity index (χ3n) is 4.24. The number of hydrogen-bond acceptors (Lipinski definition) is 2. The van der Waals surface area contributed by atoms with Gasteiger partial charge in [-0.1, -0.05) is 37.1 Å². The molecule has 104 valence electrons. The number of hydrogen-bond donors (Lipinski definition) is 0. The molecule has 0 saturated heterocycles. The van der Waals surface area contributed by atoms with E-state index in [1.165, 1.54) is 36.6 Å². The van der Waals surface area contributed by atoms with Gasteiger partial charge in [0.05, 0.1) is 5.52 Å². The van der Waals surface area contributed by atoms with Gasteiger partial charge < -0.3 is 0 Å². The summed E-state index contributed by atoms with van der Waals surface area (Å²) in [7, 11) is 0. The van der Waals surface area contributed by atoms with E-state index in [1.807, 2.05) is 18.3 Å². The van der Waals surface area contributed by atoms with Crippen LogP contribution >= 0.6 is 0 Å². The van der Waals surface area contributed by atoms with Gasteiger partial charge in [0, 0.05) is 30.7 Å². The van der Waals surface area contributed by atoms with E-state index in [0.717, 1.165) is 24.6 Å². The SMILES string of the molecule is C=CCN(Cc1cnc2ccccc2c1)C1CCCC1. The molecule has 0 radical (unpaired) electrons. The van der Waals surface area contributed by atoms with Crippen LogP contribution in [0.2, 0.25) is 0 Å². The van der Waals surface area contributed by atoms with E-state index >= 15 is 0 Å². The van der Waals surface area contributed by atoms with Crippen molar-refractivity contribution < 1.29 is 0 Å². The van der Waals surface area contributed by atoms with Gasteiger partial charge in [-0.2, -0.15) is 0 Å². The van der Waals surface area contributed by atoms with Crippen molar-refractivity contribution in [1.82, 2.24) is 9.88 Å². The van der Waals surface area contributed by atoms with Crippen LogP contribution in [0, 0.1) is 0 Å². The molecule has 1 aliphatic rings. The molecule has 1 aromatic heterocycles. The first-order valence-corrected chi connectivity index (χ1v) is 7.55. The lowest BCUT2D eigenvalue weighted by Crippen LogP contribution is -2.32. The minimum atomic E-state index is 0.722. The highest BCUT2D eigenvalue weighted by molar-refractivity contribution is 5.78. The van der Waals surface area contributed by atoms with Crippen LogP contribution in [0.25, 0.3) is 10.9 Å². The quantitative estimate of drug-likeness (QED) is 0.755. The zero-order chi connectivity index (χ0) is 13.8. The molecule has 0 atom stereocenters. The van der Waals surface area contributed by atoms with Crippen LogP contribution in [-0.2, 0) is 6.54 Å². The lowest BCUT2D eigenvalue weighted by atomic mass is 10.1. The molecule has 1 fully saturated rings. The molecular weight excluding hydrogens is 244 g/mol. The van der Waals surface area contributed by atoms with Crippen LogP contribution in [-0.4, -0.2) is 22.5 Å². The van der Waals surface area contributed by atoms with E-state index in [1.54, 1.807) is 0 Å². The summed E-state index contributed by atoms with van der Waals surface area (Å²) >= 11 is 0. The third-order valence-corrected chi connectivity index (χ3v) is 4.24. The summed E-state index contributed by atoms with van der Waals surface area (Å²) in [5.41, 5.74) is 2.38. The molecule has 1 saturated carbocycles. The van der Waals surface area contributed by atoms with Crippen molar-refractivity contribution in [2.75, 3.05) is 6.54 Å². The average molecular weight is 266 g/mol. The Bertz CT molecular complexity index is 585. The van der Waals surface area contributed by atoms with Crippen molar-refractivity contribution in [2.24, 2.45) is 0 Å². The normalized spacial score (nSPS) is 16.1. The number of para-hydroxylation sites is 1. The summed E-state index contributed by atoms with van der Waals surface area (Å²) in [5.74, 6) is 0. The molecule has 20 heavy (non-hydrogen) atoms. The van der Waals surface area contributed by atoms with Crippen LogP contribution in [0.1, 0.15) is 31.2 Å². The van der Waals surface area contributed by atoms with E-state index in [0.29, 0.717) is 0 Å². The maximum Gasteiger partial charge on any atom is 0.0702 e. The monoisotopic (exact) mass is 266 g/mol. The van der Waals surface area contributed by atoms with E-state index in [9.17, 15) is 0 Å². The molecule has 0 bridgehead atoms. The molecular formula is C18H22N2. The standard InChI is InChI=1S/C18H22N2/c1-2-11-20(17-8-4-5-9-17)14-15-12-16-7-3-6-10-18(16)19-13-15/h2-3,6-7,10,12-13,17H,1,4-5,8-9,11,14H2. The van der Waals surface area contributed by atoms with Crippen LogP contribution in [0.4, 0.5) is 0 Å². The van der Waals surface area contributed by atoms with Crippen molar-refractivity contribution in [3.05, 3.63) is 54.7 Å². The Labute approximate surface area is 121 Å². The zero-order valence-corrected chi connectivity index (χ0v) is 12.0. The largest absolute Gasteiger partial charge is 0.292 e. The Morgan fingerprint density at radius 3 is 2.85 bits per heavy atom. The van der Waals surface area contributed by atoms with Gasteiger partial charge in [0.1, 0.15) is 0 Å². The van der Waals surface area contributed by atoms with Crippen molar-refractivity contribution >= 4 is 10.9 Å². The summed E-state index contributed by atoms with van der Waals surface area (Å²) in [6, 6.07) is 11.3. The number of rotatable bonds is 5. The van der Waals surface area contributed by atoms with Crippen LogP contribution < -0.4 is 0 Å². The summed E-state index contributed by atoms with van der Waals surface area (Å²) in [6.07, 6.45) is 9.44. The van der Waals surface area contributed by atoms with E-state index < -0.39 is 0 Å². The fourth-order valence-corrected chi connectivity index (χ4v) is 3.22. The molecule has 0 unspecified atom stereocenters. The molecule has 0 spiro atoms. The molecule has 2 heteroatoms. The Morgan fingerprint density at radius 2 is 2.05 bits per heavy atom. The Morgan fingerprint density at radius 1 is 1.25 bits per heavy atom. The fourth-order valence-electron chi connectivity index (χ4n) is 3.22. The molecule has 3 rings (SSSR count). The topological polar surface area (TPSA) is 16.1 Å². The number of benzene rings is 1. The summed E-state index contributed by atoms with van der Waals surface area (Å²) in [5, 5.41) is 1.23. The second kappa shape index (κ2) is 6.19. The van der Waals surface area contributed by atoms with Crippen LogP contribution in [0.3, 0.4) is 0 Å². The van der Waals surface area contributed by atoms with Crippen molar-refractivity contribution in [1.29, 1.82) is 0 Å². The number of nitrogens with zero attached hydrogens (tertiary/aromatic N) is 2. The Hall–Kier alpha value is -1.67. The summed E-state index contributed by atoms with van der Waals surface area (Å²) < 4.78 is 0. The molecule has 0 aliphatic heterocycles. The lowest BCUT2D eigenvalue weighted by Gasteiger charge is -2.27. The second-order valence-electron chi connectivity index (χ2n) is 5.69. The van der Waals surface area contributed by atoms with Gasteiger partial charge in [-0.15, -0.1) is 6.58 Å². The predicted octanol–water partition coefficient (Wildman–Crippen LogP) is 4.17. The van der Waals surface area contributed by atoms with E-state index in [2.05, 4.69) is 40.7 Å². The maximum absolute atomic E-state index is 4.57. The Kier molecular flexibility index (Phi) is 4.12. The molecule has 1 aromatic carbocycles. The smallest absolute Gasteiger partial charge is 0.0702 e. The molecule has 2 nitrogen and oxygen atoms in total. The first-order chi connectivity index (χ1) is 9.86. The first-order valence-electron chi connectivity index (χ1n) is 7.55. The van der Waals surface area contributed by atoms with E-state index in [4.69, 9.17) is 0 Å². The Balaban J connectivity index is 1.80. The average Bonchev–Trinajstić information content (AvgIpc) is 3.01. The second-order valence-corrected chi connectivity index (χ2v) is 5.69. The fraction of sp³-hybridized carbons (Fsp3) is 0.389. The summed E-state index contributed by atoms with van der Waals surface area (Å²) in [6.45, 7) is 5.86. The zero-order valence-electron chi connectivity index (χ0n) is 12.0. The minimum Gasteiger partial charge on any atom is -0.292 e. The van der Waals surface area contributed by atoms with Gasteiger partial charge in [-0.3, -0.25) is 9.88 Å². The number of aromatic nitrogens is 1. The molecule has 2 aromatic rings. The molecule has 0 amide bonds. The predicted molar refractivity (Wildman–Crippen MR) is 84.6 cm³/mol.